The predicted octanol–water partition coefficient (Wildman–Crippen LogP) is 2.51. The Bertz CT molecular complexity index is 389. The molecule has 1 rings (SSSR count). The molecule has 0 fully saturated rings. The first-order valence-corrected chi connectivity index (χ1v) is 5.85. The van der Waals surface area contributed by atoms with Crippen molar-refractivity contribution in [1.29, 1.82) is 0 Å². The highest BCUT2D eigenvalue weighted by Crippen LogP contribution is 2.19. The van der Waals surface area contributed by atoms with Gasteiger partial charge in [0, 0.05) is 13.5 Å². The van der Waals surface area contributed by atoms with Crippen molar-refractivity contribution in [1.82, 2.24) is 0 Å². The number of rotatable bonds is 5. The van der Waals surface area contributed by atoms with Crippen molar-refractivity contribution in [2.75, 3.05) is 7.11 Å². The largest absolute Gasteiger partial charge is 0.488 e. The fourth-order valence-corrected chi connectivity index (χ4v) is 1.53. The molecule has 0 spiro atoms. The number of hydrogen-bond donors (Lipinski definition) is 1. The van der Waals surface area contributed by atoms with Crippen LogP contribution in [0.1, 0.15) is 26.3 Å². The van der Waals surface area contributed by atoms with Crippen molar-refractivity contribution >= 4 is 5.97 Å². The summed E-state index contributed by atoms with van der Waals surface area (Å²) in [5.41, 5.74) is 0.669. The molecule has 0 amide bonds. The van der Waals surface area contributed by atoms with Crippen molar-refractivity contribution in [2.45, 2.75) is 38.9 Å². The van der Waals surface area contributed by atoms with Gasteiger partial charge in [-0.3, -0.25) is 0 Å². The molecule has 0 aromatic heterocycles. The van der Waals surface area contributed by atoms with Gasteiger partial charge in [-0.05, 0) is 38.5 Å². The van der Waals surface area contributed by atoms with Gasteiger partial charge < -0.3 is 14.6 Å². The lowest BCUT2D eigenvalue weighted by molar-refractivity contribution is -0.148. The molecule has 0 aliphatic carbocycles. The third kappa shape index (κ3) is 4.75. The molecule has 0 saturated carbocycles. The number of benzene rings is 1. The summed E-state index contributed by atoms with van der Waals surface area (Å²) < 4.78 is 10.6. The summed E-state index contributed by atoms with van der Waals surface area (Å²) >= 11 is 0. The van der Waals surface area contributed by atoms with Crippen molar-refractivity contribution in [3.63, 3.8) is 0 Å². The first kappa shape index (κ1) is 14.5. The molecule has 1 N–H and O–H groups in total. The van der Waals surface area contributed by atoms with E-state index in [-0.39, 0.29) is 5.60 Å². The smallest absolute Gasteiger partial charge is 0.333 e. The molecule has 1 aromatic carbocycles. The SMILES string of the molecule is COC(Cc1ccc(OC(C)(C)C)cc1)C(=O)O. The van der Waals surface area contributed by atoms with E-state index in [1.807, 2.05) is 45.0 Å². The van der Waals surface area contributed by atoms with E-state index in [2.05, 4.69) is 0 Å². The van der Waals surface area contributed by atoms with Crippen molar-refractivity contribution in [3.8, 4) is 5.75 Å². The Morgan fingerprint density at radius 1 is 1.28 bits per heavy atom. The molecule has 100 valence electrons. The van der Waals surface area contributed by atoms with Crippen LogP contribution in [-0.4, -0.2) is 29.9 Å². The first-order chi connectivity index (χ1) is 8.31. The fourth-order valence-electron chi connectivity index (χ4n) is 1.53. The van der Waals surface area contributed by atoms with Crippen LogP contribution in [0.25, 0.3) is 0 Å². The summed E-state index contributed by atoms with van der Waals surface area (Å²) in [5.74, 6) is -0.178. The molecule has 1 aromatic rings. The van der Waals surface area contributed by atoms with Crippen LogP contribution in [0.2, 0.25) is 0 Å². The molecule has 4 heteroatoms. The molecule has 0 heterocycles. The number of aliphatic carboxylic acids is 1. The number of carboxylic acids is 1. The highest BCUT2D eigenvalue weighted by Gasteiger charge is 2.17. The van der Waals surface area contributed by atoms with Gasteiger partial charge in [-0.25, -0.2) is 4.79 Å². The number of hydrogen-bond acceptors (Lipinski definition) is 3. The van der Waals surface area contributed by atoms with Crippen molar-refractivity contribution < 1.29 is 19.4 Å². The molecule has 1 unspecified atom stereocenters. The average molecular weight is 252 g/mol. The van der Waals surface area contributed by atoms with Crippen molar-refractivity contribution in [2.24, 2.45) is 0 Å². The Morgan fingerprint density at radius 2 is 1.83 bits per heavy atom. The number of carbonyl (C=O) groups is 1. The van der Waals surface area contributed by atoms with Gasteiger partial charge in [0.1, 0.15) is 11.4 Å². The normalized spacial score (nSPS) is 13.1. The summed E-state index contributed by atoms with van der Waals surface area (Å²) in [6, 6.07) is 7.40. The zero-order valence-electron chi connectivity index (χ0n) is 11.3. The molecule has 0 aliphatic rings. The maximum atomic E-state index is 10.8. The third-order valence-corrected chi connectivity index (χ3v) is 2.33. The minimum atomic E-state index is -0.951. The zero-order chi connectivity index (χ0) is 13.8. The highest BCUT2D eigenvalue weighted by atomic mass is 16.5. The molecule has 0 bridgehead atoms. The van der Waals surface area contributed by atoms with Crippen LogP contribution in [0.5, 0.6) is 5.75 Å². The van der Waals surface area contributed by atoms with Gasteiger partial charge in [0.25, 0.3) is 0 Å². The molecule has 0 saturated heterocycles. The fraction of sp³-hybridized carbons (Fsp3) is 0.500. The van der Waals surface area contributed by atoms with Gasteiger partial charge in [0.2, 0.25) is 0 Å². The average Bonchev–Trinajstić information content (AvgIpc) is 2.25. The number of carboxylic acid groups (broad SMARTS) is 1. The Kier molecular flexibility index (Phi) is 4.73. The third-order valence-electron chi connectivity index (χ3n) is 2.33. The molecule has 0 radical (unpaired) electrons. The van der Waals surface area contributed by atoms with E-state index >= 15 is 0 Å². The molecular formula is C14H20O4. The van der Waals surface area contributed by atoms with Gasteiger partial charge in [-0.1, -0.05) is 12.1 Å². The summed E-state index contributed by atoms with van der Waals surface area (Å²) in [6.45, 7) is 5.94. The second kappa shape index (κ2) is 5.87. The van der Waals surface area contributed by atoms with Crippen molar-refractivity contribution in [3.05, 3.63) is 29.8 Å². The van der Waals surface area contributed by atoms with E-state index in [0.29, 0.717) is 6.42 Å². The minimum absolute atomic E-state index is 0.238. The molecule has 18 heavy (non-hydrogen) atoms. The van der Waals surface area contributed by atoms with Crippen LogP contribution in [0.15, 0.2) is 24.3 Å². The van der Waals surface area contributed by atoms with Gasteiger partial charge in [0.15, 0.2) is 6.10 Å². The second-order valence-corrected chi connectivity index (χ2v) is 5.13. The molecular weight excluding hydrogens is 232 g/mol. The standard InChI is InChI=1S/C14H20O4/c1-14(2,3)18-11-7-5-10(6-8-11)9-12(17-4)13(15)16/h5-8,12H,9H2,1-4H3,(H,15,16). The zero-order valence-corrected chi connectivity index (χ0v) is 11.3. The van der Waals surface area contributed by atoms with E-state index in [1.54, 1.807) is 0 Å². The van der Waals surface area contributed by atoms with Gasteiger partial charge >= 0.3 is 5.97 Å². The van der Waals surface area contributed by atoms with E-state index in [0.717, 1.165) is 11.3 Å². The lowest BCUT2D eigenvalue weighted by Gasteiger charge is -2.21. The summed E-state index contributed by atoms with van der Waals surface area (Å²) in [5, 5.41) is 8.89. The van der Waals surface area contributed by atoms with Crippen LogP contribution in [0.3, 0.4) is 0 Å². The molecule has 1 atom stereocenters. The van der Waals surface area contributed by atoms with E-state index in [1.165, 1.54) is 7.11 Å². The van der Waals surface area contributed by atoms with E-state index in [9.17, 15) is 4.79 Å². The molecule has 0 aliphatic heterocycles. The second-order valence-electron chi connectivity index (χ2n) is 5.13. The van der Waals surface area contributed by atoms with Crippen LogP contribution >= 0.6 is 0 Å². The number of methoxy groups -OCH3 is 1. The Hall–Kier alpha value is -1.55. The quantitative estimate of drug-likeness (QED) is 0.874. The molecule has 4 nitrogen and oxygen atoms in total. The van der Waals surface area contributed by atoms with Crippen LogP contribution in [0.4, 0.5) is 0 Å². The van der Waals surface area contributed by atoms with Gasteiger partial charge in [-0.2, -0.15) is 0 Å². The van der Waals surface area contributed by atoms with Crippen LogP contribution < -0.4 is 4.74 Å². The maximum absolute atomic E-state index is 10.8. The topological polar surface area (TPSA) is 55.8 Å². The van der Waals surface area contributed by atoms with E-state index < -0.39 is 12.1 Å². The van der Waals surface area contributed by atoms with Gasteiger partial charge in [-0.15, -0.1) is 0 Å². The van der Waals surface area contributed by atoms with E-state index in [4.69, 9.17) is 14.6 Å². The lowest BCUT2D eigenvalue weighted by Crippen LogP contribution is -2.25. The first-order valence-electron chi connectivity index (χ1n) is 5.85. The summed E-state index contributed by atoms with van der Waals surface area (Å²) in [4.78, 5) is 10.8. The number of ether oxygens (including phenoxy) is 2. The lowest BCUT2D eigenvalue weighted by atomic mass is 10.1. The van der Waals surface area contributed by atoms with Crippen LogP contribution in [-0.2, 0) is 16.0 Å². The van der Waals surface area contributed by atoms with Gasteiger partial charge in [0.05, 0.1) is 0 Å². The summed E-state index contributed by atoms with van der Waals surface area (Å²) in [6.07, 6.45) is -0.457. The Balaban J connectivity index is 2.68. The monoisotopic (exact) mass is 252 g/mol. The Morgan fingerprint density at radius 3 is 2.22 bits per heavy atom. The summed E-state index contributed by atoms with van der Waals surface area (Å²) in [7, 11) is 1.40. The minimum Gasteiger partial charge on any atom is -0.488 e. The highest BCUT2D eigenvalue weighted by molar-refractivity contribution is 5.72. The Labute approximate surface area is 108 Å². The van der Waals surface area contributed by atoms with Crippen LogP contribution in [0, 0.1) is 0 Å². The predicted molar refractivity (Wildman–Crippen MR) is 69.0 cm³/mol. The maximum Gasteiger partial charge on any atom is 0.333 e.